The Bertz CT molecular complexity index is 306. The number of imide groups is 1. The Balaban J connectivity index is 2.08. The SMILES string of the molecule is O=C1C2C3C=CC(C3)C2C(=O)[N+]1O. The fraction of sp³-hybridized carbons (Fsp3) is 0.556. The van der Waals surface area contributed by atoms with Gasteiger partial charge in [-0.25, -0.2) is 9.59 Å². The third kappa shape index (κ3) is 0.688. The Hall–Kier alpha value is -1.00. The summed E-state index contributed by atoms with van der Waals surface area (Å²) in [7, 11) is 0. The molecule has 0 spiro atoms. The molecule has 0 aromatic carbocycles. The van der Waals surface area contributed by atoms with E-state index in [9.17, 15) is 9.59 Å². The summed E-state index contributed by atoms with van der Waals surface area (Å²) in [5.74, 6) is -0.995. The summed E-state index contributed by atoms with van der Waals surface area (Å²) in [6.45, 7) is 0. The lowest BCUT2D eigenvalue weighted by Crippen LogP contribution is -2.35. The van der Waals surface area contributed by atoms with Crippen molar-refractivity contribution >= 4 is 11.8 Å². The molecule has 4 unspecified atom stereocenters. The lowest BCUT2D eigenvalue weighted by Gasteiger charge is -2.09. The van der Waals surface area contributed by atoms with E-state index in [2.05, 4.69) is 0 Å². The number of carbonyl (C=O) groups excluding carboxylic acids is 2. The second kappa shape index (κ2) is 2.08. The molecule has 4 nitrogen and oxygen atoms in total. The summed E-state index contributed by atoms with van der Waals surface area (Å²) < 4.78 is 0. The average Bonchev–Trinajstić information content (AvgIpc) is 2.76. The van der Waals surface area contributed by atoms with Gasteiger partial charge in [0.05, 0.1) is 0 Å². The molecule has 1 N–H and O–H groups in total. The molecule has 1 saturated carbocycles. The molecule has 3 aliphatic rings. The van der Waals surface area contributed by atoms with E-state index in [0.717, 1.165) is 6.42 Å². The second-order valence-electron chi connectivity index (χ2n) is 3.99. The van der Waals surface area contributed by atoms with Gasteiger partial charge in [-0.2, -0.15) is 0 Å². The molecule has 1 aliphatic heterocycles. The van der Waals surface area contributed by atoms with Crippen LogP contribution < -0.4 is 5.06 Å². The number of hydroxylamine groups is 2. The maximum Gasteiger partial charge on any atom is 0.410 e. The molecule has 4 atom stereocenters. The van der Waals surface area contributed by atoms with Crippen LogP contribution in [0.1, 0.15) is 6.42 Å². The molecule has 4 heteroatoms. The molecule has 13 heavy (non-hydrogen) atoms. The first kappa shape index (κ1) is 7.41. The highest BCUT2D eigenvalue weighted by molar-refractivity contribution is 6.07. The van der Waals surface area contributed by atoms with E-state index in [0.29, 0.717) is 5.06 Å². The van der Waals surface area contributed by atoms with Crippen LogP contribution in [0.15, 0.2) is 12.2 Å². The van der Waals surface area contributed by atoms with Crippen LogP contribution in [-0.2, 0) is 9.59 Å². The molecule has 2 fully saturated rings. The average molecular weight is 179 g/mol. The Morgan fingerprint density at radius 2 is 1.62 bits per heavy atom. The molecular weight excluding hydrogens is 170 g/mol. The van der Waals surface area contributed by atoms with Crippen LogP contribution in [0.2, 0.25) is 0 Å². The Labute approximate surface area is 74.8 Å². The predicted octanol–water partition coefficient (Wildman–Crippen LogP) is 0.0208. The molecule has 0 aromatic heterocycles. The number of carbonyl (C=O) groups is 2. The van der Waals surface area contributed by atoms with E-state index < -0.39 is 11.8 Å². The summed E-state index contributed by atoms with van der Waals surface area (Å²) >= 11 is 0. The highest BCUT2D eigenvalue weighted by Gasteiger charge is 2.67. The van der Waals surface area contributed by atoms with Gasteiger partial charge in [-0.1, -0.05) is 12.2 Å². The zero-order valence-corrected chi connectivity index (χ0v) is 6.88. The highest BCUT2D eigenvalue weighted by atomic mass is 16.5. The zero-order chi connectivity index (χ0) is 9.16. The van der Waals surface area contributed by atoms with Crippen LogP contribution in [0.3, 0.4) is 0 Å². The molecule has 0 aromatic rings. The minimum Gasteiger partial charge on any atom is -0.220 e. The van der Waals surface area contributed by atoms with Gasteiger partial charge in [0.25, 0.3) is 0 Å². The number of nitrogens with zero attached hydrogens (tertiary/aromatic N) is 1. The van der Waals surface area contributed by atoms with Crippen LogP contribution in [0.25, 0.3) is 0 Å². The standard InChI is InChI=1S/C9H9NO3/c11-8-6-4-1-2-5(3-4)7(6)9(12)10(8)13/h1-2,4-7,13H,3H2/q+1. The number of hydrogen-bond donors (Lipinski definition) is 1. The molecule has 1 heterocycles. The monoisotopic (exact) mass is 179 g/mol. The number of allylic oxidation sites excluding steroid dienone is 2. The number of fused-ring (bicyclic) bond motifs is 5. The van der Waals surface area contributed by atoms with E-state index >= 15 is 0 Å². The maximum atomic E-state index is 11.4. The van der Waals surface area contributed by atoms with Crippen molar-refractivity contribution in [1.29, 1.82) is 0 Å². The lowest BCUT2D eigenvalue weighted by atomic mass is 9.85. The third-order valence-corrected chi connectivity index (χ3v) is 3.45. The van der Waals surface area contributed by atoms with Crippen molar-refractivity contribution in [3.05, 3.63) is 12.2 Å². The molecular formula is C9H9NO3+. The zero-order valence-electron chi connectivity index (χ0n) is 6.88. The Morgan fingerprint density at radius 3 is 2.08 bits per heavy atom. The number of rotatable bonds is 0. The first-order valence-electron chi connectivity index (χ1n) is 4.45. The van der Waals surface area contributed by atoms with Crippen molar-refractivity contribution in [2.24, 2.45) is 23.7 Å². The van der Waals surface area contributed by atoms with Gasteiger partial charge < -0.3 is 0 Å². The summed E-state index contributed by atoms with van der Waals surface area (Å²) in [5, 5.41) is 9.45. The van der Waals surface area contributed by atoms with Crippen LogP contribution in [0.4, 0.5) is 0 Å². The van der Waals surface area contributed by atoms with Crippen molar-refractivity contribution in [1.82, 2.24) is 5.06 Å². The van der Waals surface area contributed by atoms with Gasteiger partial charge in [0.1, 0.15) is 16.9 Å². The van der Waals surface area contributed by atoms with Gasteiger partial charge in [0.15, 0.2) is 0 Å². The largest absolute Gasteiger partial charge is 0.410 e. The third-order valence-electron chi connectivity index (χ3n) is 3.45. The number of hydrogen-bond acceptors (Lipinski definition) is 3. The number of amides is 2. The van der Waals surface area contributed by atoms with E-state index in [4.69, 9.17) is 5.21 Å². The molecule has 2 aliphatic carbocycles. The summed E-state index contributed by atoms with van der Waals surface area (Å²) in [5.41, 5.74) is 0. The first-order valence-corrected chi connectivity index (χ1v) is 4.45. The minimum absolute atomic E-state index is 0.184. The van der Waals surface area contributed by atoms with Crippen molar-refractivity contribution in [3.63, 3.8) is 0 Å². The van der Waals surface area contributed by atoms with Crippen molar-refractivity contribution in [2.75, 3.05) is 0 Å². The van der Waals surface area contributed by atoms with E-state index in [1.54, 1.807) is 0 Å². The van der Waals surface area contributed by atoms with Crippen LogP contribution in [0.5, 0.6) is 0 Å². The van der Waals surface area contributed by atoms with Gasteiger partial charge in [0.2, 0.25) is 0 Å². The molecule has 1 saturated heterocycles. The van der Waals surface area contributed by atoms with E-state index in [1.165, 1.54) is 0 Å². The van der Waals surface area contributed by atoms with Crippen molar-refractivity contribution in [3.8, 4) is 0 Å². The quantitative estimate of drug-likeness (QED) is 0.247. The van der Waals surface area contributed by atoms with E-state index in [-0.39, 0.29) is 23.7 Å². The molecule has 2 bridgehead atoms. The van der Waals surface area contributed by atoms with Crippen molar-refractivity contribution < 1.29 is 14.8 Å². The molecule has 2 amide bonds. The van der Waals surface area contributed by atoms with Crippen LogP contribution in [-0.4, -0.2) is 17.0 Å². The fourth-order valence-electron chi connectivity index (χ4n) is 2.89. The van der Waals surface area contributed by atoms with Gasteiger partial charge >= 0.3 is 11.8 Å². The second-order valence-corrected chi connectivity index (χ2v) is 3.99. The first-order chi connectivity index (χ1) is 6.20. The smallest absolute Gasteiger partial charge is 0.220 e. The Morgan fingerprint density at radius 1 is 1.15 bits per heavy atom. The van der Waals surface area contributed by atoms with Crippen LogP contribution >= 0.6 is 0 Å². The highest BCUT2D eigenvalue weighted by Crippen LogP contribution is 2.51. The summed E-state index contributed by atoms with van der Waals surface area (Å²) in [4.78, 5) is 22.8. The van der Waals surface area contributed by atoms with Crippen LogP contribution in [0, 0.1) is 23.7 Å². The van der Waals surface area contributed by atoms with Gasteiger partial charge in [-0.05, 0) is 18.3 Å². The predicted molar refractivity (Wildman–Crippen MR) is 41.7 cm³/mol. The fourth-order valence-corrected chi connectivity index (χ4v) is 2.89. The maximum absolute atomic E-state index is 11.4. The topological polar surface area (TPSA) is 60.3 Å². The Kier molecular flexibility index (Phi) is 1.18. The van der Waals surface area contributed by atoms with E-state index in [1.807, 2.05) is 12.2 Å². The van der Waals surface area contributed by atoms with Gasteiger partial charge in [-0.3, -0.25) is 0 Å². The lowest BCUT2D eigenvalue weighted by molar-refractivity contribution is -0.153. The minimum atomic E-state index is -0.410. The van der Waals surface area contributed by atoms with Gasteiger partial charge in [0, 0.05) is 0 Å². The van der Waals surface area contributed by atoms with Gasteiger partial charge in [-0.15, -0.1) is 5.21 Å². The molecule has 1 radical (unpaired) electrons. The summed E-state index contributed by atoms with van der Waals surface area (Å²) in [6, 6.07) is 0. The molecule has 3 rings (SSSR count). The summed E-state index contributed by atoms with van der Waals surface area (Å²) in [6.07, 6.45) is 4.90. The van der Waals surface area contributed by atoms with Crippen molar-refractivity contribution in [2.45, 2.75) is 6.42 Å². The molecule has 67 valence electrons. The normalized spacial score (nSPS) is 47.8.